The normalized spacial score (nSPS) is 10.4. The predicted octanol–water partition coefficient (Wildman–Crippen LogP) is 0.325. The van der Waals surface area contributed by atoms with Crippen LogP contribution in [0.1, 0.15) is 18.5 Å². The maximum Gasteiger partial charge on any atom is 0.0796 e. The molecule has 0 unspecified atom stereocenters. The average molecular weight is 154 g/mol. The van der Waals surface area contributed by atoms with Crippen molar-refractivity contribution < 1.29 is 0 Å². The standard InChI is InChI=1S/C7H14N4/c1-7-6-11(10-9-7)5-3-2-4-8/h6H,2-5,8H2,1H3. The highest BCUT2D eigenvalue weighted by Gasteiger charge is 1.93. The summed E-state index contributed by atoms with van der Waals surface area (Å²) in [6.07, 6.45) is 4.08. The molecule has 1 heterocycles. The molecule has 0 aliphatic heterocycles. The largest absolute Gasteiger partial charge is 0.330 e. The molecule has 4 heteroatoms. The molecule has 0 aliphatic carbocycles. The lowest BCUT2D eigenvalue weighted by Crippen LogP contribution is -2.03. The van der Waals surface area contributed by atoms with Gasteiger partial charge in [-0.2, -0.15) is 0 Å². The quantitative estimate of drug-likeness (QED) is 0.636. The fourth-order valence-electron chi connectivity index (χ4n) is 0.923. The third-order valence-corrected chi connectivity index (χ3v) is 1.49. The molecule has 0 spiro atoms. The number of unbranched alkanes of at least 4 members (excludes halogenated alkanes) is 1. The van der Waals surface area contributed by atoms with Crippen molar-refractivity contribution in [3.8, 4) is 0 Å². The molecule has 4 nitrogen and oxygen atoms in total. The third kappa shape index (κ3) is 2.67. The Bertz CT molecular complexity index is 206. The molecule has 2 N–H and O–H groups in total. The van der Waals surface area contributed by atoms with Gasteiger partial charge in [0.25, 0.3) is 0 Å². The zero-order chi connectivity index (χ0) is 8.10. The zero-order valence-electron chi connectivity index (χ0n) is 6.82. The first kappa shape index (κ1) is 8.20. The summed E-state index contributed by atoms with van der Waals surface area (Å²) < 4.78 is 1.85. The van der Waals surface area contributed by atoms with E-state index in [1.54, 1.807) is 0 Å². The first-order chi connectivity index (χ1) is 5.33. The number of aromatic nitrogens is 3. The summed E-state index contributed by atoms with van der Waals surface area (Å²) in [5, 5.41) is 7.79. The first-order valence-corrected chi connectivity index (χ1v) is 3.89. The summed E-state index contributed by atoms with van der Waals surface area (Å²) in [6, 6.07) is 0. The second-order valence-electron chi connectivity index (χ2n) is 2.62. The number of nitrogens with zero attached hydrogens (tertiary/aromatic N) is 3. The highest BCUT2D eigenvalue weighted by Crippen LogP contribution is 1.93. The van der Waals surface area contributed by atoms with Gasteiger partial charge in [-0.05, 0) is 26.3 Å². The number of nitrogens with two attached hydrogens (primary N) is 1. The molecule has 0 amide bonds. The Morgan fingerprint density at radius 3 is 2.91 bits per heavy atom. The van der Waals surface area contributed by atoms with Crippen LogP contribution in [-0.2, 0) is 6.54 Å². The third-order valence-electron chi connectivity index (χ3n) is 1.49. The van der Waals surface area contributed by atoms with Crippen molar-refractivity contribution in [3.63, 3.8) is 0 Å². The highest BCUT2D eigenvalue weighted by molar-refractivity contribution is 4.86. The van der Waals surface area contributed by atoms with Crippen LogP contribution in [0.5, 0.6) is 0 Å². The van der Waals surface area contributed by atoms with Crippen molar-refractivity contribution in [2.45, 2.75) is 26.3 Å². The smallest absolute Gasteiger partial charge is 0.0796 e. The minimum absolute atomic E-state index is 0.758. The molecule has 11 heavy (non-hydrogen) atoms. The Hall–Kier alpha value is -0.900. The van der Waals surface area contributed by atoms with Gasteiger partial charge in [0.2, 0.25) is 0 Å². The lowest BCUT2D eigenvalue weighted by Gasteiger charge is -1.96. The van der Waals surface area contributed by atoms with Crippen molar-refractivity contribution in [1.29, 1.82) is 0 Å². The molecule has 1 rings (SSSR count). The van der Waals surface area contributed by atoms with Crippen molar-refractivity contribution in [3.05, 3.63) is 11.9 Å². The average Bonchev–Trinajstić information content (AvgIpc) is 2.37. The second-order valence-corrected chi connectivity index (χ2v) is 2.62. The SMILES string of the molecule is Cc1cn(CCCCN)nn1. The summed E-state index contributed by atoms with van der Waals surface area (Å²) in [6.45, 7) is 3.62. The fourth-order valence-corrected chi connectivity index (χ4v) is 0.923. The molecule has 0 aromatic carbocycles. The molecular formula is C7H14N4. The molecule has 1 aromatic heterocycles. The van der Waals surface area contributed by atoms with Gasteiger partial charge in [0.05, 0.1) is 5.69 Å². The molecule has 0 atom stereocenters. The molecule has 0 saturated heterocycles. The Morgan fingerprint density at radius 2 is 2.36 bits per heavy atom. The van der Waals surface area contributed by atoms with Crippen molar-refractivity contribution in [2.24, 2.45) is 5.73 Å². The molecule has 0 fully saturated rings. The summed E-state index contributed by atoms with van der Waals surface area (Å²) in [7, 11) is 0. The molecule has 1 aromatic rings. The Morgan fingerprint density at radius 1 is 1.55 bits per heavy atom. The van der Waals surface area contributed by atoms with Crippen molar-refractivity contribution in [1.82, 2.24) is 15.0 Å². The van der Waals surface area contributed by atoms with Crippen LogP contribution in [0.25, 0.3) is 0 Å². The van der Waals surface area contributed by atoms with E-state index in [0.29, 0.717) is 0 Å². The lowest BCUT2D eigenvalue weighted by atomic mass is 10.3. The van der Waals surface area contributed by atoms with Crippen LogP contribution in [-0.4, -0.2) is 21.5 Å². The number of aryl methyl sites for hydroxylation is 2. The minimum atomic E-state index is 0.758. The molecule has 0 bridgehead atoms. The van der Waals surface area contributed by atoms with E-state index in [9.17, 15) is 0 Å². The van der Waals surface area contributed by atoms with Crippen LogP contribution in [0.4, 0.5) is 0 Å². The minimum Gasteiger partial charge on any atom is -0.330 e. The van der Waals surface area contributed by atoms with Crippen LogP contribution in [0.3, 0.4) is 0 Å². The maximum absolute atomic E-state index is 5.35. The first-order valence-electron chi connectivity index (χ1n) is 3.89. The van der Waals surface area contributed by atoms with Crippen LogP contribution in [0.15, 0.2) is 6.20 Å². The van der Waals surface area contributed by atoms with Gasteiger partial charge in [-0.1, -0.05) is 5.21 Å². The topological polar surface area (TPSA) is 56.7 Å². The van der Waals surface area contributed by atoms with Gasteiger partial charge >= 0.3 is 0 Å². The number of hydrogen-bond donors (Lipinski definition) is 1. The number of rotatable bonds is 4. The van der Waals surface area contributed by atoms with Gasteiger partial charge in [0.1, 0.15) is 0 Å². The van der Waals surface area contributed by atoms with Gasteiger partial charge < -0.3 is 5.73 Å². The predicted molar refractivity (Wildman–Crippen MR) is 43.0 cm³/mol. The Labute approximate surface area is 66.4 Å². The van der Waals surface area contributed by atoms with Crippen LogP contribution in [0.2, 0.25) is 0 Å². The van der Waals surface area contributed by atoms with Crippen LogP contribution < -0.4 is 5.73 Å². The van der Waals surface area contributed by atoms with Gasteiger partial charge in [-0.15, -0.1) is 5.10 Å². The van der Waals surface area contributed by atoms with E-state index in [-0.39, 0.29) is 0 Å². The van der Waals surface area contributed by atoms with Gasteiger partial charge in [-0.3, -0.25) is 4.68 Å². The van der Waals surface area contributed by atoms with E-state index in [2.05, 4.69) is 10.3 Å². The van der Waals surface area contributed by atoms with Crippen molar-refractivity contribution in [2.75, 3.05) is 6.54 Å². The zero-order valence-corrected chi connectivity index (χ0v) is 6.82. The molecule has 62 valence electrons. The molecular weight excluding hydrogens is 140 g/mol. The van der Waals surface area contributed by atoms with Crippen LogP contribution >= 0.6 is 0 Å². The summed E-state index contributed by atoms with van der Waals surface area (Å²) in [5.41, 5.74) is 6.32. The monoisotopic (exact) mass is 154 g/mol. The van der Waals surface area contributed by atoms with Gasteiger partial charge in [0.15, 0.2) is 0 Å². The van der Waals surface area contributed by atoms with E-state index in [4.69, 9.17) is 5.73 Å². The fraction of sp³-hybridized carbons (Fsp3) is 0.714. The van der Waals surface area contributed by atoms with Gasteiger partial charge in [0, 0.05) is 12.7 Å². The maximum atomic E-state index is 5.35. The Balaban J connectivity index is 2.27. The summed E-state index contributed by atoms with van der Waals surface area (Å²) >= 11 is 0. The van der Waals surface area contributed by atoms with Crippen molar-refractivity contribution >= 4 is 0 Å². The van der Waals surface area contributed by atoms with E-state index in [0.717, 1.165) is 31.6 Å². The van der Waals surface area contributed by atoms with Gasteiger partial charge in [-0.25, -0.2) is 0 Å². The summed E-state index contributed by atoms with van der Waals surface area (Å²) in [4.78, 5) is 0. The molecule has 0 radical (unpaired) electrons. The van der Waals surface area contributed by atoms with E-state index >= 15 is 0 Å². The molecule has 0 saturated carbocycles. The highest BCUT2D eigenvalue weighted by atomic mass is 15.4. The molecule has 0 aliphatic rings. The Kier molecular flexibility index (Phi) is 3.04. The second kappa shape index (κ2) is 4.08. The number of hydrogen-bond acceptors (Lipinski definition) is 3. The van der Waals surface area contributed by atoms with Crippen LogP contribution in [0, 0.1) is 6.92 Å². The lowest BCUT2D eigenvalue weighted by molar-refractivity contribution is 0.544. The van der Waals surface area contributed by atoms with E-state index in [1.807, 2.05) is 17.8 Å². The van der Waals surface area contributed by atoms with E-state index < -0.39 is 0 Å². The summed E-state index contributed by atoms with van der Waals surface area (Å²) in [5.74, 6) is 0. The van der Waals surface area contributed by atoms with E-state index in [1.165, 1.54) is 0 Å².